The molecule has 21 heavy (non-hydrogen) atoms. The van der Waals surface area contributed by atoms with Gasteiger partial charge in [0.25, 0.3) is 5.91 Å². The Labute approximate surface area is 125 Å². The third-order valence-electron chi connectivity index (χ3n) is 2.95. The predicted octanol–water partition coefficient (Wildman–Crippen LogP) is 3.16. The second-order valence-corrected chi connectivity index (χ2v) is 4.88. The summed E-state index contributed by atoms with van der Waals surface area (Å²) < 4.78 is 26.0. The number of aryl methyl sites for hydroxylation is 1. The first-order valence-electron chi connectivity index (χ1n) is 6.06. The van der Waals surface area contributed by atoms with Crippen LogP contribution in [-0.2, 0) is 0 Å². The van der Waals surface area contributed by atoms with E-state index in [0.29, 0.717) is 11.3 Å². The van der Waals surface area contributed by atoms with E-state index in [0.717, 1.165) is 17.7 Å². The Bertz CT molecular complexity index is 732. The van der Waals surface area contributed by atoms with Crippen molar-refractivity contribution < 1.29 is 13.6 Å². The van der Waals surface area contributed by atoms with E-state index in [2.05, 4.69) is 5.32 Å². The Hall–Kier alpha value is -2.34. The smallest absolute Gasteiger partial charge is 0.255 e. The first-order valence-corrected chi connectivity index (χ1v) is 6.47. The molecule has 3 N–H and O–H groups in total. The molecule has 0 aliphatic rings. The number of amides is 1. The van der Waals surface area contributed by atoms with Gasteiger partial charge < -0.3 is 11.1 Å². The molecule has 0 saturated heterocycles. The van der Waals surface area contributed by atoms with Crippen LogP contribution in [0.2, 0.25) is 0 Å². The molecule has 1 amide bonds. The van der Waals surface area contributed by atoms with Crippen molar-refractivity contribution in [2.75, 3.05) is 5.32 Å². The van der Waals surface area contributed by atoms with E-state index in [1.165, 1.54) is 6.07 Å². The summed E-state index contributed by atoms with van der Waals surface area (Å²) in [5.41, 5.74) is 7.43. The molecule has 2 aromatic carbocycles. The fourth-order valence-electron chi connectivity index (χ4n) is 1.93. The lowest BCUT2D eigenvalue weighted by molar-refractivity contribution is 0.102. The molecule has 108 valence electrons. The second-order valence-electron chi connectivity index (χ2n) is 4.44. The maximum atomic E-state index is 13.2. The molecule has 0 bridgehead atoms. The van der Waals surface area contributed by atoms with Crippen LogP contribution in [0.3, 0.4) is 0 Å². The zero-order valence-corrected chi connectivity index (χ0v) is 11.9. The largest absolute Gasteiger partial charge is 0.389 e. The average Bonchev–Trinajstić information content (AvgIpc) is 2.41. The third-order valence-corrected chi connectivity index (χ3v) is 3.15. The number of nitrogens with two attached hydrogens (primary N) is 1. The molecule has 0 unspecified atom stereocenters. The molecule has 0 atom stereocenters. The van der Waals surface area contributed by atoms with Gasteiger partial charge in [0.15, 0.2) is 11.6 Å². The van der Waals surface area contributed by atoms with Crippen LogP contribution in [-0.4, -0.2) is 10.9 Å². The van der Waals surface area contributed by atoms with Crippen LogP contribution in [0.4, 0.5) is 14.5 Å². The second kappa shape index (κ2) is 5.97. The van der Waals surface area contributed by atoms with Crippen molar-refractivity contribution in [2.45, 2.75) is 6.92 Å². The number of benzene rings is 2. The molecule has 0 aromatic heterocycles. The highest BCUT2D eigenvalue weighted by molar-refractivity contribution is 7.80. The standard InChI is InChI=1S/C15H12F2N2OS/c1-8-3-2-4-12(13(8)14(18)21)19-15(20)9-5-6-10(16)11(17)7-9/h2-7H,1H3,(H2,18,21)(H,19,20). The normalized spacial score (nSPS) is 10.2. The van der Waals surface area contributed by atoms with Gasteiger partial charge in [-0.15, -0.1) is 0 Å². The lowest BCUT2D eigenvalue weighted by Gasteiger charge is -2.12. The summed E-state index contributed by atoms with van der Waals surface area (Å²) in [4.78, 5) is 12.2. The van der Waals surface area contributed by atoms with E-state index in [1.54, 1.807) is 12.1 Å². The van der Waals surface area contributed by atoms with Gasteiger partial charge in [0.05, 0.1) is 5.69 Å². The minimum Gasteiger partial charge on any atom is -0.389 e. The highest BCUT2D eigenvalue weighted by atomic mass is 32.1. The van der Waals surface area contributed by atoms with E-state index in [1.807, 2.05) is 13.0 Å². The topological polar surface area (TPSA) is 55.1 Å². The number of nitrogens with one attached hydrogen (secondary N) is 1. The number of anilines is 1. The number of hydrogen-bond acceptors (Lipinski definition) is 2. The van der Waals surface area contributed by atoms with Crippen molar-refractivity contribution >= 4 is 28.8 Å². The zero-order chi connectivity index (χ0) is 15.6. The molecular weight excluding hydrogens is 294 g/mol. The molecule has 0 aliphatic carbocycles. The van der Waals surface area contributed by atoms with E-state index in [-0.39, 0.29) is 10.6 Å². The van der Waals surface area contributed by atoms with Gasteiger partial charge in [0.2, 0.25) is 0 Å². The Kier molecular flexibility index (Phi) is 4.28. The van der Waals surface area contributed by atoms with Crippen LogP contribution in [0, 0.1) is 18.6 Å². The lowest BCUT2D eigenvalue weighted by Crippen LogP contribution is -2.19. The first kappa shape index (κ1) is 15.1. The minimum atomic E-state index is -1.08. The van der Waals surface area contributed by atoms with E-state index >= 15 is 0 Å². The molecule has 0 spiro atoms. The Morgan fingerprint density at radius 1 is 1.19 bits per heavy atom. The molecule has 0 aliphatic heterocycles. The molecular formula is C15H12F2N2OS. The molecule has 2 aromatic rings. The summed E-state index contributed by atoms with van der Waals surface area (Å²) in [6, 6.07) is 8.11. The van der Waals surface area contributed by atoms with Crippen molar-refractivity contribution in [1.82, 2.24) is 0 Å². The summed E-state index contributed by atoms with van der Waals surface area (Å²) >= 11 is 4.96. The van der Waals surface area contributed by atoms with Crippen molar-refractivity contribution in [1.29, 1.82) is 0 Å². The summed E-state index contributed by atoms with van der Waals surface area (Å²) in [6.45, 7) is 1.81. The Balaban J connectivity index is 2.34. The molecule has 0 heterocycles. The highest BCUT2D eigenvalue weighted by Gasteiger charge is 2.14. The molecule has 3 nitrogen and oxygen atoms in total. The summed E-state index contributed by atoms with van der Waals surface area (Å²) in [6.07, 6.45) is 0. The van der Waals surface area contributed by atoms with Gasteiger partial charge in [-0.2, -0.15) is 0 Å². The number of halogens is 2. The predicted molar refractivity (Wildman–Crippen MR) is 81.4 cm³/mol. The third kappa shape index (κ3) is 3.22. The Morgan fingerprint density at radius 2 is 1.90 bits per heavy atom. The van der Waals surface area contributed by atoms with Crippen molar-refractivity contribution in [3.63, 3.8) is 0 Å². The molecule has 0 fully saturated rings. The maximum absolute atomic E-state index is 13.2. The van der Waals surface area contributed by atoms with Gasteiger partial charge in [-0.25, -0.2) is 8.78 Å². The molecule has 0 radical (unpaired) electrons. The lowest BCUT2D eigenvalue weighted by atomic mass is 10.1. The van der Waals surface area contributed by atoms with Crippen molar-refractivity contribution in [3.05, 3.63) is 64.7 Å². The summed E-state index contributed by atoms with van der Waals surface area (Å²) in [5, 5.41) is 2.60. The number of hydrogen-bond donors (Lipinski definition) is 2. The van der Waals surface area contributed by atoms with Gasteiger partial charge in [-0.1, -0.05) is 24.4 Å². The average molecular weight is 306 g/mol. The van der Waals surface area contributed by atoms with Gasteiger partial charge in [0.1, 0.15) is 4.99 Å². The van der Waals surface area contributed by atoms with Gasteiger partial charge in [-0.3, -0.25) is 4.79 Å². The molecule has 2 rings (SSSR count). The Morgan fingerprint density at radius 3 is 2.52 bits per heavy atom. The SMILES string of the molecule is Cc1cccc(NC(=O)c2ccc(F)c(F)c2)c1C(N)=S. The van der Waals surface area contributed by atoms with Crippen LogP contribution in [0.5, 0.6) is 0 Å². The number of rotatable bonds is 3. The van der Waals surface area contributed by atoms with E-state index in [4.69, 9.17) is 18.0 Å². The van der Waals surface area contributed by atoms with Crippen LogP contribution in [0.1, 0.15) is 21.5 Å². The monoisotopic (exact) mass is 306 g/mol. The maximum Gasteiger partial charge on any atom is 0.255 e. The quantitative estimate of drug-likeness (QED) is 0.857. The van der Waals surface area contributed by atoms with Gasteiger partial charge in [0, 0.05) is 11.1 Å². The van der Waals surface area contributed by atoms with Gasteiger partial charge in [-0.05, 0) is 36.8 Å². The zero-order valence-electron chi connectivity index (χ0n) is 11.1. The van der Waals surface area contributed by atoms with E-state index < -0.39 is 17.5 Å². The molecule has 0 saturated carbocycles. The minimum absolute atomic E-state index is 0.00398. The van der Waals surface area contributed by atoms with Crippen LogP contribution < -0.4 is 11.1 Å². The van der Waals surface area contributed by atoms with Crippen LogP contribution >= 0.6 is 12.2 Å². The molecule has 6 heteroatoms. The first-order chi connectivity index (χ1) is 9.90. The van der Waals surface area contributed by atoms with Crippen LogP contribution in [0.15, 0.2) is 36.4 Å². The number of carbonyl (C=O) groups is 1. The fraction of sp³-hybridized carbons (Fsp3) is 0.0667. The summed E-state index contributed by atoms with van der Waals surface area (Å²) in [7, 11) is 0. The van der Waals surface area contributed by atoms with E-state index in [9.17, 15) is 13.6 Å². The van der Waals surface area contributed by atoms with Gasteiger partial charge >= 0.3 is 0 Å². The van der Waals surface area contributed by atoms with Crippen molar-refractivity contribution in [3.8, 4) is 0 Å². The number of thiocarbonyl (C=S) groups is 1. The highest BCUT2D eigenvalue weighted by Crippen LogP contribution is 2.20. The fourth-order valence-corrected chi connectivity index (χ4v) is 2.20. The summed E-state index contributed by atoms with van der Waals surface area (Å²) in [5.74, 6) is -2.66. The van der Waals surface area contributed by atoms with Crippen LogP contribution in [0.25, 0.3) is 0 Å². The number of carbonyl (C=O) groups excluding carboxylic acids is 1. The van der Waals surface area contributed by atoms with Crippen molar-refractivity contribution in [2.24, 2.45) is 5.73 Å².